The standard InChI is InChI=1S/C23H18FN7O/c24-19-15(13-9-14(11-25-10-13)27-23(32)12-3-1-4-12)6-7-16-18(19)20(31-30-16)22-28-17-5-2-8-26-21(17)29-22/h2,5-12H,1,3-4H2,(H,27,32)(H,30,31)(H,26,28,29). The summed E-state index contributed by atoms with van der Waals surface area (Å²) in [7, 11) is 0. The quantitative estimate of drug-likeness (QED) is 0.393. The molecule has 158 valence electrons. The number of rotatable bonds is 4. The molecule has 0 spiro atoms. The number of nitrogens with zero attached hydrogens (tertiary/aromatic N) is 4. The van der Waals surface area contributed by atoms with E-state index in [0.29, 0.717) is 50.4 Å². The Morgan fingerprint density at radius 1 is 1.19 bits per heavy atom. The van der Waals surface area contributed by atoms with Crippen LogP contribution in [0.3, 0.4) is 0 Å². The van der Waals surface area contributed by atoms with Gasteiger partial charge < -0.3 is 10.3 Å². The van der Waals surface area contributed by atoms with Crippen LogP contribution >= 0.6 is 0 Å². The summed E-state index contributed by atoms with van der Waals surface area (Å²) in [6, 6.07) is 8.80. The SMILES string of the molecule is O=C(Nc1cncc(-c2ccc3[nH]nc(-c4nc5cccnc5[nH]4)c3c2F)c1)C1CCC1. The molecular formula is C23H18FN7O. The van der Waals surface area contributed by atoms with Crippen LogP contribution < -0.4 is 5.32 Å². The number of anilines is 1. The monoisotopic (exact) mass is 427 g/mol. The van der Waals surface area contributed by atoms with Gasteiger partial charge in [-0.1, -0.05) is 6.42 Å². The van der Waals surface area contributed by atoms with Crippen LogP contribution in [0.2, 0.25) is 0 Å². The van der Waals surface area contributed by atoms with Gasteiger partial charge >= 0.3 is 0 Å². The van der Waals surface area contributed by atoms with Gasteiger partial charge in [-0.05, 0) is 43.2 Å². The highest BCUT2D eigenvalue weighted by Gasteiger charge is 2.25. The minimum atomic E-state index is -0.441. The number of fused-ring (bicyclic) bond motifs is 2. The second kappa shape index (κ2) is 7.23. The molecule has 32 heavy (non-hydrogen) atoms. The van der Waals surface area contributed by atoms with Crippen molar-refractivity contribution in [2.75, 3.05) is 5.32 Å². The van der Waals surface area contributed by atoms with Crippen LogP contribution in [-0.4, -0.2) is 36.0 Å². The molecular weight excluding hydrogens is 409 g/mol. The number of aromatic amines is 2. The van der Waals surface area contributed by atoms with Crippen molar-refractivity contribution in [2.45, 2.75) is 19.3 Å². The van der Waals surface area contributed by atoms with Crippen LogP contribution in [0.4, 0.5) is 10.1 Å². The Morgan fingerprint density at radius 2 is 2.09 bits per heavy atom. The molecule has 5 aromatic rings. The summed E-state index contributed by atoms with van der Waals surface area (Å²) < 4.78 is 15.7. The zero-order chi connectivity index (χ0) is 21.7. The van der Waals surface area contributed by atoms with Gasteiger partial charge in [-0.3, -0.25) is 14.9 Å². The first-order valence-electron chi connectivity index (χ1n) is 10.4. The first kappa shape index (κ1) is 18.6. The number of H-pyrrole nitrogens is 2. The molecule has 0 saturated heterocycles. The molecule has 0 bridgehead atoms. The molecule has 4 heterocycles. The Kier molecular flexibility index (Phi) is 4.20. The third-order valence-electron chi connectivity index (χ3n) is 5.94. The van der Waals surface area contributed by atoms with Gasteiger partial charge in [0.1, 0.15) is 17.0 Å². The van der Waals surface area contributed by atoms with Crippen molar-refractivity contribution in [2.24, 2.45) is 5.92 Å². The Labute approximate surface area is 181 Å². The van der Waals surface area contributed by atoms with Gasteiger partial charge in [0.05, 0.1) is 22.8 Å². The summed E-state index contributed by atoms with van der Waals surface area (Å²) >= 11 is 0. The maximum atomic E-state index is 15.7. The molecule has 4 aromatic heterocycles. The summed E-state index contributed by atoms with van der Waals surface area (Å²) in [6.45, 7) is 0. The van der Waals surface area contributed by atoms with Crippen molar-refractivity contribution in [3.8, 4) is 22.6 Å². The molecule has 1 aromatic carbocycles. The molecule has 3 N–H and O–H groups in total. The lowest BCUT2D eigenvalue weighted by molar-refractivity contribution is -0.122. The number of carbonyl (C=O) groups is 1. The highest BCUT2D eigenvalue weighted by Crippen LogP contribution is 2.34. The fourth-order valence-electron chi connectivity index (χ4n) is 3.99. The van der Waals surface area contributed by atoms with Gasteiger partial charge in [0.15, 0.2) is 11.5 Å². The number of amides is 1. The maximum absolute atomic E-state index is 15.7. The molecule has 8 nitrogen and oxygen atoms in total. The van der Waals surface area contributed by atoms with E-state index in [1.165, 1.54) is 0 Å². The van der Waals surface area contributed by atoms with Gasteiger partial charge in [-0.2, -0.15) is 5.10 Å². The Bertz CT molecular complexity index is 1450. The van der Waals surface area contributed by atoms with Crippen LogP contribution in [0.15, 0.2) is 48.9 Å². The van der Waals surface area contributed by atoms with E-state index in [1.54, 1.807) is 42.9 Å². The topological polar surface area (TPSA) is 112 Å². The third-order valence-corrected chi connectivity index (χ3v) is 5.94. The van der Waals surface area contributed by atoms with Crippen LogP contribution in [0.25, 0.3) is 44.7 Å². The molecule has 0 aliphatic heterocycles. The third kappa shape index (κ3) is 3.01. The van der Waals surface area contributed by atoms with Crippen LogP contribution in [0.5, 0.6) is 0 Å². The summed E-state index contributed by atoms with van der Waals surface area (Å²) in [4.78, 5) is 28.3. The zero-order valence-electron chi connectivity index (χ0n) is 16.9. The minimum absolute atomic E-state index is 0.0123. The molecule has 0 unspecified atom stereocenters. The van der Waals surface area contributed by atoms with Crippen molar-refractivity contribution < 1.29 is 9.18 Å². The Hall–Kier alpha value is -4.14. The molecule has 1 amide bonds. The van der Waals surface area contributed by atoms with Crippen molar-refractivity contribution in [3.05, 3.63) is 54.7 Å². The largest absolute Gasteiger partial charge is 0.324 e. The molecule has 0 atom stereocenters. The van der Waals surface area contributed by atoms with E-state index in [0.717, 1.165) is 19.3 Å². The normalized spacial score (nSPS) is 14.0. The van der Waals surface area contributed by atoms with E-state index in [2.05, 4.69) is 35.5 Å². The van der Waals surface area contributed by atoms with Crippen molar-refractivity contribution >= 4 is 33.7 Å². The highest BCUT2D eigenvalue weighted by molar-refractivity contribution is 5.97. The number of nitrogens with one attached hydrogen (secondary N) is 3. The van der Waals surface area contributed by atoms with E-state index in [1.807, 2.05) is 6.07 Å². The van der Waals surface area contributed by atoms with Gasteiger partial charge in [0.25, 0.3) is 0 Å². The average Bonchev–Trinajstić information content (AvgIpc) is 3.37. The van der Waals surface area contributed by atoms with Gasteiger partial charge in [0, 0.05) is 29.4 Å². The van der Waals surface area contributed by atoms with E-state index < -0.39 is 5.82 Å². The van der Waals surface area contributed by atoms with Gasteiger partial charge in [-0.15, -0.1) is 0 Å². The van der Waals surface area contributed by atoms with Crippen LogP contribution in [-0.2, 0) is 4.79 Å². The summed E-state index contributed by atoms with van der Waals surface area (Å²) in [5, 5.41) is 10.4. The number of imidazole rings is 1. The summed E-state index contributed by atoms with van der Waals surface area (Å²) in [5.41, 5.74) is 3.69. The van der Waals surface area contributed by atoms with Gasteiger partial charge in [0.2, 0.25) is 5.91 Å². The fraction of sp³-hybridized carbons (Fsp3) is 0.174. The van der Waals surface area contributed by atoms with Crippen molar-refractivity contribution in [3.63, 3.8) is 0 Å². The number of pyridine rings is 2. The molecule has 0 radical (unpaired) electrons. The average molecular weight is 427 g/mol. The van der Waals surface area contributed by atoms with E-state index >= 15 is 4.39 Å². The number of carbonyl (C=O) groups excluding carboxylic acids is 1. The Morgan fingerprint density at radius 3 is 2.91 bits per heavy atom. The lowest BCUT2D eigenvalue weighted by Gasteiger charge is -2.24. The maximum Gasteiger partial charge on any atom is 0.227 e. The fourth-order valence-corrected chi connectivity index (χ4v) is 3.99. The van der Waals surface area contributed by atoms with Crippen LogP contribution in [0, 0.1) is 11.7 Å². The van der Waals surface area contributed by atoms with E-state index in [-0.39, 0.29) is 11.8 Å². The van der Waals surface area contributed by atoms with Crippen molar-refractivity contribution in [1.82, 2.24) is 30.1 Å². The number of halogens is 1. The minimum Gasteiger partial charge on any atom is -0.324 e. The number of benzene rings is 1. The molecule has 6 rings (SSSR count). The van der Waals surface area contributed by atoms with Gasteiger partial charge in [-0.25, -0.2) is 14.4 Å². The first-order chi connectivity index (χ1) is 15.7. The molecule has 1 fully saturated rings. The second-order valence-electron chi connectivity index (χ2n) is 7.96. The predicted octanol–water partition coefficient (Wildman–Crippen LogP) is 4.44. The number of hydrogen-bond donors (Lipinski definition) is 3. The predicted molar refractivity (Wildman–Crippen MR) is 118 cm³/mol. The smallest absolute Gasteiger partial charge is 0.227 e. The highest BCUT2D eigenvalue weighted by atomic mass is 19.1. The number of hydrogen-bond acceptors (Lipinski definition) is 5. The van der Waals surface area contributed by atoms with Crippen molar-refractivity contribution in [1.29, 1.82) is 0 Å². The number of aromatic nitrogens is 6. The molecule has 9 heteroatoms. The molecule has 1 saturated carbocycles. The molecule has 1 aliphatic carbocycles. The summed E-state index contributed by atoms with van der Waals surface area (Å²) in [5.74, 6) is 0.0323. The Balaban J connectivity index is 1.41. The first-order valence-corrected chi connectivity index (χ1v) is 10.4. The van der Waals surface area contributed by atoms with E-state index in [4.69, 9.17) is 0 Å². The summed E-state index contributed by atoms with van der Waals surface area (Å²) in [6.07, 6.45) is 7.70. The zero-order valence-corrected chi connectivity index (χ0v) is 16.9. The van der Waals surface area contributed by atoms with Crippen LogP contribution in [0.1, 0.15) is 19.3 Å². The van der Waals surface area contributed by atoms with E-state index in [9.17, 15) is 4.79 Å². The molecule has 1 aliphatic rings. The lowest BCUT2D eigenvalue weighted by atomic mass is 9.85. The lowest BCUT2D eigenvalue weighted by Crippen LogP contribution is -2.28. The second-order valence-corrected chi connectivity index (χ2v) is 7.96.